The average molecular weight is 386 g/mol. The molecule has 0 saturated heterocycles. The minimum Gasteiger partial charge on any atom is -0.201 e. The number of rotatable bonds is 2. The molecule has 0 bridgehead atoms. The summed E-state index contributed by atoms with van der Waals surface area (Å²) in [5, 5.41) is 0. The molecule has 1 heteroatoms. The van der Waals surface area contributed by atoms with E-state index >= 15 is 0 Å². The third-order valence-electron chi connectivity index (χ3n) is 7.37. The minimum atomic E-state index is -2.17. The van der Waals surface area contributed by atoms with E-state index in [0.717, 1.165) is 35.2 Å². The van der Waals surface area contributed by atoms with Gasteiger partial charge in [-0.15, -0.1) is 0 Å². The first-order chi connectivity index (χ1) is 15.3. The van der Waals surface area contributed by atoms with E-state index in [1.165, 1.54) is 48.8 Å². The van der Waals surface area contributed by atoms with Crippen molar-refractivity contribution >= 4 is 0 Å². The standard InChI is InChI=1S/C28H32N/c1-20-8-4-5-9-25(20)27-17-26(21(2)19-29(27)3)23-11-10-22-12-15-28(13-6-7-14-28)18-24(22)16-23/h4-5,8-11,16-17,19H,6-7,12-15,18H2,1-3H3/q+1/i2D3. The molecule has 29 heavy (non-hydrogen) atoms. The van der Waals surface area contributed by atoms with Gasteiger partial charge in [0, 0.05) is 21.3 Å². The van der Waals surface area contributed by atoms with Crippen molar-refractivity contribution in [2.45, 2.75) is 58.7 Å². The van der Waals surface area contributed by atoms with Gasteiger partial charge in [0.1, 0.15) is 7.05 Å². The number of hydrogen-bond donors (Lipinski definition) is 0. The van der Waals surface area contributed by atoms with E-state index in [1.807, 2.05) is 29.9 Å². The molecular formula is C28H32N+. The van der Waals surface area contributed by atoms with E-state index in [9.17, 15) is 0 Å². The number of aromatic nitrogens is 1. The highest BCUT2D eigenvalue weighted by atomic mass is 14.9. The average Bonchev–Trinajstić information content (AvgIpc) is 3.20. The number of aryl methyl sites for hydroxylation is 4. The number of benzene rings is 2. The molecule has 1 aromatic heterocycles. The van der Waals surface area contributed by atoms with Gasteiger partial charge in [0.15, 0.2) is 6.20 Å². The quantitative estimate of drug-likeness (QED) is 0.443. The first-order valence-electron chi connectivity index (χ1n) is 12.5. The van der Waals surface area contributed by atoms with Crippen LogP contribution in [-0.4, -0.2) is 0 Å². The van der Waals surface area contributed by atoms with E-state index < -0.39 is 6.85 Å². The van der Waals surface area contributed by atoms with Crippen LogP contribution in [0.15, 0.2) is 54.7 Å². The molecule has 0 amide bonds. The van der Waals surface area contributed by atoms with E-state index in [4.69, 9.17) is 4.11 Å². The van der Waals surface area contributed by atoms with Crippen molar-refractivity contribution in [3.8, 4) is 22.4 Å². The monoisotopic (exact) mass is 385 g/mol. The largest absolute Gasteiger partial charge is 0.213 e. The predicted octanol–water partition coefficient (Wildman–Crippen LogP) is 6.51. The van der Waals surface area contributed by atoms with Crippen molar-refractivity contribution < 1.29 is 8.68 Å². The second kappa shape index (κ2) is 7.13. The molecule has 1 spiro atoms. The Bertz CT molecular complexity index is 1170. The van der Waals surface area contributed by atoms with Crippen molar-refractivity contribution in [2.75, 3.05) is 0 Å². The van der Waals surface area contributed by atoms with Gasteiger partial charge in [0.05, 0.1) is 0 Å². The van der Waals surface area contributed by atoms with Gasteiger partial charge in [-0.3, -0.25) is 0 Å². The molecule has 2 aromatic carbocycles. The van der Waals surface area contributed by atoms with Crippen LogP contribution in [0.25, 0.3) is 22.4 Å². The van der Waals surface area contributed by atoms with Gasteiger partial charge in [-0.05, 0) is 85.2 Å². The van der Waals surface area contributed by atoms with Crippen LogP contribution in [0.5, 0.6) is 0 Å². The molecule has 148 valence electrons. The topological polar surface area (TPSA) is 3.88 Å². The highest BCUT2D eigenvalue weighted by Gasteiger charge is 2.36. The molecule has 2 aliphatic carbocycles. The van der Waals surface area contributed by atoms with Crippen LogP contribution in [-0.2, 0) is 19.9 Å². The molecule has 1 nitrogen and oxygen atoms in total. The van der Waals surface area contributed by atoms with Crippen molar-refractivity contribution in [3.63, 3.8) is 0 Å². The van der Waals surface area contributed by atoms with Crippen LogP contribution >= 0.6 is 0 Å². The van der Waals surface area contributed by atoms with Gasteiger partial charge in [-0.25, -0.2) is 4.57 Å². The molecule has 3 aromatic rings. The predicted molar refractivity (Wildman–Crippen MR) is 121 cm³/mol. The van der Waals surface area contributed by atoms with Crippen molar-refractivity contribution in [3.05, 3.63) is 77.0 Å². The third-order valence-corrected chi connectivity index (χ3v) is 7.37. The fourth-order valence-corrected chi connectivity index (χ4v) is 5.66. The van der Waals surface area contributed by atoms with Crippen LogP contribution in [0.4, 0.5) is 0 Å². The van der Waals surface area contributed by atoms with E-state index in [-0.39, 0.29) is 0 Å². The molecule has 1 fully saturated rings. The zero-order valence-electron chi connectivity index (χ0n) is 20.6. The zero-order chi connectivity index (χ0) is 22.5. The van der Waals surface area contributed by atoms with Crippen LogP contribution in [0.1, 0.15) is 58.5 Å². The Balaban J connectivity index is 1.66. The first-order valence-corrected chi connectivity index (χ1v) is 11.0. The molecule has 1 heterocycles. The summed E-state index contributed by atoms with van der Waals surface area (Å²) < 4.78 is 26.6. The molecule has 5 rings (SSSR count). The van der Waals surface area contributed by atoms with Gasteiger partial charge >= 0.3 is 0 Å². The molecule has 0 radical (unpaired) electrons. The van der Waals surface area contributed by atoms with Crippen molar-refractivity contribution in [1.29, 1.82) is 0 Å². The maximum Gasteiger partial charge on any atom is 0.213 e. The Labute approximate surface area is 179 Å². The normalized spacial score (nSPS) is 19.4. The lowest BCUT2D eigenvalue weighted by molar-refractivity contribution is -0.660. The lowest BCUT2D eigenvalue weighted by Crippen LogP contribution is -2.31. The summed E-state index contributed by atoms with van der Waals surface area (Å²) in [6.45, 7) is -0.0629. The second-order valence-electron chi connectivity index (χ2n) is 9.28. The Morgan fingerprint density at radius 2 is 1.72 bits per heavy atom. The van der Waals surface area contributed by atoms with Gasteiger partial charge in [0.25, 0.3) is 0 Å². The number of pyridine rings is 1. The second-order valence-corrected chi connectivity index (χ2v) is 9.28. The zero-order valence-corrected chi connectivity index (χ0v) is 17.6. The fourth-order valence-electron chi connectivity index (χ4n) is 5.66. The summed E-state index contributed by atoms with van der Waals surface area (Å²) in [5.41, 5.74) is 8.99. The Morgan fingerprint density at radius 3 is 2.52 bits per heavy atom. The van der Waals surface area contributed by atoms with E-state index in [1.54, 1.807) is 0 Å². The van der Waals surface area contributed by atoms with Gasteiger partial charge in [-0.1, -0.05) is 49.2 Å². The van der Waals surface area contributed by atoms with Gasteiger partial charge in [0.2, 0.25) is 5.69 Å². The highest BCUT2D eigenvalue weighted by molar-refractivity contribution is 5.73. The molecule has 0 unspecified atom stereocenters. The van der Waals surface area contributed by atoms with Crippen LogP contribution in [0, 0.1) is 19.2 Å². The maximum atomic E-state index is 8.22. The summed E-state index contributed by atoms with van der Waals surface area (Å²) >= 11 is 0. The van der Waals surface area contributed by atoms with Crippen LogP contribution in [0.3, 0.4) is 0 Å². The Hall–Kier alpha value is -2.41. The number of hydrogen-bond acceptors (Lipinski definition) is 0. The SMILES string of the molecule is [2H]C([2H])([2H])c1c[n+](C)c(-c2ccccc2C)cc1-c1ccc2c(c1)CC1(CCCC1)CC2. The van der Waals surface area contributed by atoms with Crippen molar-refractivity contribution in [2.24, 2.45) is 12.5 Å². The summed E-state index contributed by atoms with van der Waals surface area (Å²) in [5.74, 6) is 0. The Morgan fingerprint density at radius 1 is 0.897 bits per heavy atom. The molecule has 0 atom stereocenters. The number of fused-ring (bicyclic) bond motifs is 1. The summed E-state index contributed by atoms with van der Waals surface area (Å²) in [7, 11) is 1.94. The molecule has 2 aliphatic rings. The summed E-state index contributed by atoms with van der Waals surface area (Å²) in [4.78, 5) is 0. The first kappa shape index (κ1) is 15.4. The highest BCUT2D eigenvalue weighted by Crippen LogP contribution is 2.48. The summed E-state index contributed by atoms with van der Waals surface area (Å²) in [6.07, 6.45) is 10.8. The minimum absolute atomic E-state index is 0.420. The molecule has 0 aliphatic heterocycles. The molecule has 1 saturated carbocycles. The smallest absolute Gasteiger partial charge is 0.201 e. The lowest BCUT2D eigenvalue weighted by Gasteiger charge is -2.35. The third kappa shape index (κ3) is 3.31. The van der Waals surface area contributed by atoms with Crippen LogP contribution in [0.2, 0.25) is 0 Å². The maximum absolute atomic E-state index is 8.22. The van der Waals surface area contributed by atoms with Gasteiger partial charge in [-0.2, -0.15) is 0 Å². The van der Waals surface area contributed by atoms with E-state index in [2.05, 4.69) is 43.3 Å². The Kier molecular flexibility index (Phi) is 3.79. The van der Waals surface area contributed by atoms with Crippen LogP contribution < -0.4 is 4.57 Å². The molecular weight excluding hydrogens is 350 g/mol. The van der Waals surface area contributed by atoms with Crippen molar-refractivity contribution in [1.82, 2.24) is 0 Å². The summed E-state index contributed by atoms with van der Waals surface area (Å²) in [6, 6.07) is 17.1. The molecule has 0 N–H and O–H groups in total. The number of nitrogens with zero attached hydrogens (tertiary/aromatic N) is 1. The van der Waals surface area contributed by atoms with E-state index in [0.29, 0.717) is 11.0 Å². The fraction of sp³-hybridized carbons (Fsp3) is 0.393. The lowest BCUT2D eigenvalue weighted by atomic mass is 9.70. The van der Waals surface area contributed by atoms with Gasteiger partial charge < -0.3 is 0 Å².